The van der Waals surface area contributed by atoms with Crippen LogP contribution in [0.5, 0.6) is 5.75 Å². The highest BCUT2D eigenvalue weighted by Gasteiger charge is 2.18. The first-order valence-electron chi connectivity index (χ1n) is 4.68. The lowest BCUT2D eigenvalue weighted by molar-refractivity contribution is -0.116. The Balaban J connectivity index is 2.52. The number of carbonyl (C=O) groups is 1. The summed E-state index contributed by atoms with van der Waals surface area (Å²) in [6, 6.07) is 4.03. The lowest BCUT2D eigenvalue weighted by atomic mass is 10.00. The number of carbonyl (C=O) groups excluding carboxylic acids is 1. The molecule has 1 aliphatic heterocycles. The van der Waals surface area contributed by atoms with Gasteiger partial charge in [-0.3, -0.25) is 4.79 Å². The van der Waals surface area contributed by atoms with Gasteiger partial charge in [0.05, 0.1) is 12.8 Å². The Morgan fingerprint density at radius 3 is 2.86 bits per heavy atom. The zero-order valence-corrected chi connectivity index (χ0v) is 8.39. The maximum atomic E-state index is 11.2. The first kappa shape index (κ1) is 9.06. The number of hydrogen-bond donors (Lipinski definition) is 1. The molecule has 0 fully saturated rings. The van der Waals surface area contributed by atoms with Crippen molar-refractivity contribution in [3.63, 3.8) is 0 Å². The summed E-state index contributed by atoms with van der Waals surface area (Å²) in [5, 5.41) is 2.84. The van der Waals surface area contributed by atoms with Gasteiger partial charge in [-0.25, -0.2) is 0 Å². The topological polar surface area (TPSA) is 38.3 Å². The maximum absolute atomic E-state index is 11.2. The number of ether oxygens (including phenoxy) is 1. The van der Waals surface area contributed by atoms with Gasteiger partial charge in [0.2, 0.25) is 5.91 Å². The van der Waals surface area contributed by atoms with E-state index < -0.39 is 0 Å². The zero-order valence-electron chi connectivity index (χ0n) is 8.39. The normalized spacial score (nSPS) is 14.6. The molecule has 1 aromatic carbocycles. The Bertz CT molecular complexity index is 368. The van der Waals surface area contributed by atoms with E-state index in [9.17, 15) is 4.79 Å². The van der Waals surface area contributed by atoms with Crippen molar-refractivity contribution in [3.8, 4) is 5.75 Å². The van der Waals surface area contributed by atoms with Crippen LogP contribution in [0.1, 0.15) is 17.5 Å². The molecule has 0 bridgehead atoms. The van der Waals surface area contributed by atoms with Crippen molar-refractivity contribution in [2.75, 3.05) is 12.4 Å². The SMILES string of the molecule is COc1cc(C)cc2c1NC(=O)CC2. The zero-order chi connectivity index (χ0) is 10.1. The van der Waals surface area contributed by atoms with Crippen LogP contribution < -0.4 is 10.1 Å². The minimum atomic E-state index is 0.0691. The van der Waals surface area contributed by atoms with E-state index in [1.54, 1.807) is 7.11 Å². The first-order chi connectivity index (χ1) is 6.70. The molecule has 1 aromatic rings. The molecule has 3 nitrogen and oxygen atoms in total. The van der Waals surface area contributed by atoms with Crippen LogP contribution in [0.25, 0.3) is 0 Å². The number of benzene rings is 1. The van der Waals surface area contributed by atoms with Crippen molar-refractivity contribution < 1.29 is 9.53 Å². The van der Waals surface area contributed by atoms with E-state index in [0.717, 1.165) is 23.4 Å². The van der Waals surface area contributed by atoms with Crippen LogP contribution in [0.3, 0.4) is 0 Å². The van der Waals surface area contributed by atoms with E-state index in [-0.39, 0.29) is 5.91 Å². The Morgan fingerprint density at radius 1 is 1.36 bits per heavy atom. The lowest BCUT2D eigenvalue weighted by Crippen LogP contribution is -2.19. The molecule has 0 aliphatic carbocycles. The minimum absolute atomic E-state index is 0.0691. The average molecular weight is 191 g/mol. The van der Waals surface area contributed by atoms with Gasteiger partial charge in [0, 0.05) is 6.42 Å². The summed E-state index contributed by atoms with van der Waals surface area (Å²) in [7, 11) is 1.62. The summed E-state index contributed by atoms with van der Waals surface area (Å²) >= 11 is 0. The number of nitrogens with one attached hydrogen (secondary N) is 1. The van der Waals surface area contributed by atoms with Crippen LogP contribution in [0.15, 0.2) is 12.1 Å². The summed E-state index contributed by atoms with van der Waals surface area (Å²) in [5.74, 6) is 0.827. The third-order valence-electron chi connectivity index (χ3n) is 2.43. The van der Waals surface area contributed by atoms with Crippen LogP contribution in [-0.2, 0) is 11.2 Å². The van der Waals surface area contributed by atoms with Crippen LogP contribution >= 0.6 is 0 Å². The number of methoxy groups -OCH3 is 1. The Kier molecular flexibility index (Phi) is 2.15. The van der Waals surface area contributed by atoms with Crippen molar-refractivity contribution in [2.45, 2.75) is 19.8 Å². The van der Waals surface area contributed by atoms with Gasteiger partial charge in [0.15, 0.2) is 0 Å². The molecule has 2 rings (SSSR count). The fraction of sp³-hybridized carbons (Fsp3) is 0.364. The molecule has 74 valence electrons. The second-order valence-corrected chi connectivity index (χ2v) is 3.55. The standard InChI is InChI=1S/C11H13NO2/c1-7-5-8-3-4-10(13)12-11(8)9(6-7)14-2/h5-6H,3-4H2,1-2H3,(H,12,13). The second-order valence-electron chi connectivity index (χ2n) is 3.55. The average Bonchev–Trinajstić information content (AvgIpc) is 2.17. The van der Waals surface area contributed by atoms with Gasteiger partial charge in [-0.05, 0) is 30.5 Å². The molecule has 0 aromatic heterocycles. The Labute approximate surface area is 83.1 Å². The third-order valence-corrected chi connectivity index (χ3v) is 2.43. The number of rotatable bonds is 1. The van der Waals surface area contributed by atoms with Gasteiger partial charge in [-0.15, -0.1) is 0 Å². The predicted octanol–water partition coefficient (Wildman–Crippen LogP) is 1.89. The van der Waals surface area contributed by atoms with Crippen molar-refractivity contribution in [1.29, 1.82) is 0 Å². The maximum Gasteiger partial charge on any atom is 0.224 e. The Hall–Kier alpha value is -1.51. The molecule has 1 amide bonds. The number of hydrogen-bond acceptors (Lipinski definition) is 2. The van der Waals surface area contributed by atoms with Gasteiger partial charge in [-0.1, -0.05) is 6.07 Å². The van der Waals surface area contributed by atoms with E-state index in [2.05, 4.69) is 11.4 Å². The third kappa shape index (κ3) is 1.45. The molecule has 14 heavy (non-hydrogen) atoms. The number of anilines is 1. The molecule has 0 unspecified atom stereocenters. The molecular formula is C11H13NO2. The molecular weight excluding hydrogens is 178 g/mol. The minimum Gasteiger partial charge on any atom is -0.495 e. The van der Waals surface area contributed by atoms with Crippen LogP contribution in [0.2, 0.25) is 0 Å². The fourth-order valence-electron chi connectivity index (χ4n) is 1.78. The smallest absolute Gasteiger partial charge is 0.224 e. The van der Waals surface area contributed by atoms with Gasteiger partial charge < -0.3 is 10.1 Å². The molecule has 1 heterocycles. The van der Waals surface area contributed by atoms with E-state index in [4.69, 9.17) is 4.74 Å². The summed E-state index contributed by atoms with van der Waals surface area (Å²) in [6.07, 6.45) is 1.37. The van der Waals surface area contributed by atoms with Gasteiger partial charge in [-0.2, -0.15) is 0 Å². The lowest BCUT2D eigenvalue weighted by Gasteiger charge is -2.20. The Morgan fingerprint density at radius 2 is 2.14 bits per heavy atom. The highest BCUT2D eigenvalue weighted by Crippen LogP contribution is 2.33. The van der Waals surface area contributed by atoms with E-state index >= 15 is 0 Å². The van der Waals surface area contributed by atoms with Gasteiger partial charge >= 0.3 is 0 Å². The number of aryl methyl sites for hydroxylation is 2. The summed E-state index contributed by atoms with van der Waals surface area (Å²) in [5.41, 5.74) is 3.17. The van der Waals surface area contributed by atoms with Crippen molar-refractivity contribution in [3.05, 3.63) is 23.3 Å². The summed E-state index contributed by atoms with van der Waals surface area (Å²) in [6.45, 7) is 2.03. The highest BCUT2D eigenvalue weighted by atomic mass is 16.5. The summed E-state index contributed by atoms with van der Waals surface area (Å²) < 4.78 is 5.23. The summed E-state index contributed by atoms with van der Waals surface area (Å²) in [4.78, 5) is 11.2. The number of amides is 1. The van der Waals surface area contributed by atoms with Crippen molar-refractivity contribution in [1.82, 2.24) is 0 Å². The number of fused-ring (bicyclic) bond motifs is 1. The van der Waals surface area contributed by atoms with Gasteiger partial charge in [0.25, 0.3) is 0 Å². The first-order valence-corrected chi connectivity index (χ1v) is 4.68. The largest absolute Gasteiger partial charge is 0.495 e. The second kappa shape index (κ2) is 3.33. The fourth-order valence-corrected chi connectivity index (χ4v) is 1.78. The molecule has 1 N–H and O–H groups in total. The molecule has 0 saturated carbocycles. The molecule has 0 radical (unpaired) electrons. The van der Waals surface area contributed by atoms with Crippen molar-refractivity contribution in [2.24, 2.45) is 0 Å². The quantitative estimate of drug-likeness (QED) is 0.736. The highest BCUT2D eigenvalue weighted by molar-refractivity contribution is 5.95. The molecule has 0 spiro atoms. The van der Waals surface area contributed by atoms with E-state index in [0.29, 0.717) is 6.42 Å². The van der Waals surface area contributed by atoms with Gasteiger partial charge in [0.1, 0.15) is 5.75 Å². The monoisotopic (exact) mass is 191 g/mol. The molecule has 1 aliphatic rings. The predicted molar refractivity (Wildman–Crippen MR) is 54.7 cm³/mol. The molecule has 3 heteroatoms. The molecule has 0 atom stereocenters. The van der Waals surface area contributed by atoms with Crippen LogP contribution in [-0.4, -0.2) is 13.0 Å². The molecule has 0 saturated heterocycles. The van der Waals surface area contributed by atoms with Crippen LogP contribution in [0.4, 0.5) is 5.69 Å². The van der Waals surface area contributed by atoms with E-state index in [1.165, 1.54) is 5.56 Å². The van der Waals surface area contributed by atoms with Crippen LogP contribution in [0, 0.1) is 6.92 Å². The van der Waals surface area contributed by atoms with E-state index in [1.807, 2.05) is 13.0 Å². The van der Waals surface area contributed by atoms with Crippen molar-refractivity contribution >= 4 is 11.6 Å².